The lowest BCUT2D eigenvalue weighted by Crippen LogP contribution is -1.68. The Kier molecular flexibility index (Phi) is 1.61. The molecule has 0 aromatic heterocycles. The third-order valence-electron chi connectivity index (χ3n) is 0.849. The van der Waals surface area contributed by atoms with E-state index >= 15 is 0 Å². The molecule has 0 aromatic rings. The van der Waals surface area contributed by atoms with E-state index in [0.29, 0.717) is 0 Å². The summed E-state index contributed by atoms with van der Waals surface area (Å²) in [6.45, 7) is 1.65. The molecule has 1 rings (SSSR count). The summed E-state index contributed by atoms with van der Waals surface area (Å²) in [6, 6.07) is 0. The molecule has 0 saturated heterocycles. The van der Waals surface area contributed by atoms with Crippen LogP contribution in [0.4, 0.5) is 0 Å². The van der Waals surface area contributed by atoms with Crippen molar-refractivity contribution < 1.29 is 0 Å². The summed E-state index contributed by atoms with van der Waals surface area (Å²) in [4.78, 5) is 0. The van der Waals surface area contributed by atoms with E-state index < -0.39 is 0 Å². The van der Waals surface area contributed by atoms with Gasteiger partial charge in [-0.1, -0.05) is 12.2 Å². The van der Waals surface area contributed by atoms with Crippen molar-refractivity contribution in [2.75, 3.05) is 13.1 Å². The van der Waals surface area contributed by atoms with E-state index in [1.54, 1.807) is 0 Å². The van der Waals surface area contributed by atoms with Crippen LogP contribution in [-0.2, 0) is 0 Å². The van der Waals surface area contributed by atoms with Gasteiger partial charge in [-0.2, -0.15) is 10.2 Å². The summed E-state index contributed by atoms with van der Waals surface area (Å²) in [6.07, 6.45) is 5.21. The normalized spacial score (nSPS) is 19.4. The molecule has 38 valence electrons. The molecule has 0 fully saturated rings. The fourth-order valence-electron chi connectivity index (χ4n) is 0.500. The van der Waals surface area contributed by atoms with Crippen LogP contribution in [0.25, 0.3) is 0 Å². The zero-order valence-electron chi connectivity index (χ0n) is 4.17. The third kappa shape index (κ3) is 1.48. The van der Waals surface area contributed by atoms with Crippen LogP contribution in [0.5, 0.6) is 0 Å². The molecule has 0 unspecified atom stereocenters. The number of azo groups is 1. The van der Waals surface area contributed by atoms with Gasteiger partial charge in [-0.15, -0.1) is 0 Å². The molecule has 0 aromatic carbocycles. The van der Waals surface area contributed by atoms with E-state index in [1.165, 1.54) is 0 Å². The molecule has 0 radical (unpaired) electrons. The second kappa shape index (κ2) is 2.50. The molecule has 1 heterocycles. The van der Waals surface area contributed by atoms with Gasteiger partial charge in [0.2, 0.25) is 0 Å². The minimum Gasteiger partial charge on any atom is -0.194 e. The van der Waals surface area contributed by atoms with E-state index in [0.717, 1.165) is 19.5 Å². The number of nitrogens with zero attached hydrogens (tertiary/aromatic N) is 2. The maximum atomic E-state index is 3.83. The average molecular weight is 96.1 g/mol. The monoisotopic (exact) mass is 96.1 g/mol. The topological polar surface area (TPSA) is 24.7 Å². The van der Waals surface area contributed by atoms with Crippen LogP contribution >= 0.6 is 0 Å². The summed E-state index contributed by atoms with van der Waals surface area (Å²) in [7, 11) is 0. The second-order valence-electron chi connectivity index (χ2n) is 1.45. The predicted octanol–water partition coefficient (Wildman–Crippen LogP) is 1.40. The molecule has 2 nitrogen and oxygen atoms in total. The van der Waals surface area contributed by atoms with Crippen LogP contribution in [0.1, 0.15) is 6.42 Å². The van der Waals surface area contributed by atoms with Crippen molar-refractivity contribution in [3.05, 3.63) is 12.2 Å². The highest BCUT2D eigenvalue weighted by Gasteiger charge is 1.81. The molecule has 0 amide bonds. The van der Waals surface area contributed by atoms with Gasteiger partial charge in [0.05, 0.1) is 13.1 Å². The van der Waals surface area contributed by atoms with Crippen molar-refractivity contribution in [3.8, 4) is 0 Å². The minimum atomic E-state index is 0.778. The van der Waals surface area contributed by atoms with Crippen LogP contribution in [0, 0.1) is 0 Å². The minimum absolute atomic E-state index is 0.778. The standard InChI is InChI=1S/C5H8N2/c1-2-4-6-7-5-3-1/h1-2H,3-5H2. The largest absolute Gasteiger partial charge is 0.194 e. The van der Waals surface area contributed by atoms with Gasteiger partial charge in [0, 0.05) is 0 Å². The fourth-order valence-corrected chi connectivity index (χ4v) is 0.500. The summed E-state index contributed by atoms with van der Waals surface area (Å²) in [5.41, 5.74) is 0. The first-order valence-electron chi connectivity index (χ1n) is 2.48. The van der Waals surface area contributed by atoms with Gasteiger partial charge in [-0.05, 0) is 6.42 Å². The Morgan fingerprint density at radius 3 is 3.14 bits per heavy atom. The highest BCUT2D eigenvalue weighted by atomic mass is 15.1. The average Bonchev–Trinajstić information content (AvgIpc) is 1.90. The Labute approximate surface area is 43.0 Å². The number of rotatable bonds is 0. The summed E-state index contributed by atoms with van der Waals surface area (Å²) in [5, 5.41) is 7.64. The molecule has 1 aliphatic rings. The van der Waals surface area contributed by atoms with Crippen molar-refractivity contribution in [1.29, 1.82) is 0 Å². The Bertz CT molecular complexity index is 82.3. The first kappa shape index (κ1) is 4.50. The Morgan fingerprint density at radius 2 is 2.14 bits per heavy atom. The SMILES string of the molecule is C1=CCN=NCC1. The first-order valence-corrected chi connectivity index (χ1v) is 2.48. The van der Waals surface area contributed by atoms with Crippen LogP contribution in [0.2, 0.25) is 0 Å². The van der Waals surface area contributed by atoms with Crippen molar-refractivity contribution in [2.24, 2.45) is 10.2 Å². The predicted molar refractivity (Wildman–Crippen MR) is 28.3 cm³/mol. The van der Waals surface area contributed by atoms with Gasteiger partial charge in [-0.25, -0.2) is 0 Å². The summed E-state index contributed by atoms with van der Waals surface area (Å²) >= 11 is 0. The Hall–Kier alpha value is -0.660. The smallest absolute Gasteiger partial charge is 0.0780 e. The van der Waals surface area contributed by atoms with E-state index in [1.807, 2.05) is 6.08 Å². The number of hydrogen-bond acceptors (Lipinski definition) is 2. The van der Waals surface area contributed by atoms with E-state index in [2.05, 4.69) is 16.3 Å². The Balaban J connectivity index is 2.38. The maximum absolute atomic E-state index is 3.83. The van der Waals surface area contributed by atoms with Gasteiger partial charge in [0.15, 0.2) is 0 Å². The quantitative estimate of drug-likeness (QED) is 0.407. The molecule has 0 spiro atoms. The molecular weight excluding hydrogens is 88.1 g/mol. The lowest BCUT2D eigenvalue weighted by molar-refractivity contribution is 0.911. The van der Waals surface area contributed by atoms with E-state index in [4.69, 9.17) is 0 Å². The highest BCUT2D eigenvalue weighted by molar-refractivity contribution is 4.85. The third-order valence-corrected chi connectivity index (χ3v) is 0.849. The van der Waals surface area contributed by atoms with Crippen molar-refractivity contribution >= 4 is 0 Å². The molecule has 0 saturated carbocycles. The van der Waals surface area contributed by atoms with E-state index in [9.17, 15) is 0 Å². The number of hydrogen-bond donors (Lipinski definition) is 0. The summed E-state index contributed by atoms with van der Waals surface area (Å²) in [5.74, 6) is 0. The van der Waals surface area contributed by atoms with Crippen molar-refractivity contribution in [1.82, 2.24) is 0 Å². The van der Waals surface area contributed by atoms with Crippen LogP contribution in [-0.4, -0.2) is 13.1 Å². The maximum Gasteiger partial charge on any atom is 0.0780 e. The molecule has 0 aliphatic carbocycles. The van der Waals surface area contributed by atoms with E-state index in [-0.39, 0.29) is 0 Å². The Morgan fingerprint density at radius 1 is 1.14 bits per heavy atom. The molecule has 0 bridgehead atoms. The zero-order chi connectivity index (χ0) is 4.95. The molecule has 7 heavy (non-hydrogen) atoms. The van der Waals surface area contributed by atoms with Crippen molar-refractivity contribution in [3.63, 3.8) is 0 Å². The van der Waals surface area contributed by atoms with Crippen LogP contribution in [0.15, 0.2) is 22.4 Å². The molecule has 0 N–H and O–H groups in total. The molecule has 1 aliphatic heterocycles. The molecule has 0 atom stereocenters. The fraction of sp³-hybridized carbons (Fsp3) is 0.600. The lowest BCUT2D eigenvalue weighted by Gasteiger charge is -1.75. The molecule has 2 heteroatoms. The van der Waals surface area contributed by atoms with Gasteiger partial charge in [0.1, 0.15) is 0 Å². The van der Waals surface area contributed by atoms with Gasteiger partial charge < -0.3 is 0 Å². The van der Waals surface area contributed by atoms with Gasteiger partial charge >= 0.3 is 0 Å². The highest BCUT2D eigenvalue weighted by Crippen LogP contribution is 1.90. The zero-order valence-corrected chi connectivity index (χ0v) is 4.17. The van der Waals surface area contributed by atoms with Crippen LogP contribution in [0.3, 0.4) is 0 Å². The van der Waals surface area contributed by atoms with Gasteiger partial charge in [-0.3, -0.25) is 0 Å². The van der Waals surface area contributed by atoms with Crippen molar-refractivity contribution in [2.45, 2.75) is 6.42 Å². The van der Waals surface area contributed by atoms with Crippen LogP contribution < -0.4 is 0 Å². The summed E-state index contributed by atoms with van der Waals surface area (Å²) < 4.78 is 0. The second-order valence-corrected chi connectivity index (χ2v) is 1.45. The first-order chi connectivity index (χ1) is 3.50. The van der Waals surface area contributed by atoms with Gasteiger partial charge in [0.25, 0.3) is 0 Å². The molecular formula is C5H8N2. The lowest BCUT2D eigenvalue weighted by atomic mass is 10.4.